The average molecular weight is 380 g/mol. The van der Waals surface area contributed by atoms with E-state index in [0.29, 0.717) is 55.5 Å². The molecule has 1 saturated heterocycles. The van der Waals surface area contributed by atoms with E-state index in [4.69, 9.17) is 16.3 Å². The minimum atomic E-state index is -0.995. The summed E-state index contributed by atoms with van der Waals surface area (Å²) in [5, 5.41) is 3.18. The van der Waals surface area contributed by atoms with Crippen LogP contribution in [0.2, 0.25) is 5.02 Å². The first-order chi connectivity index (χ1) is 12.4. The predicted molar refractivity (Wildman–Crippen MR) is 97.1 cm³/mol. The van der Waals surface area contributed by atoms with Gasteiger partial charge in [0.1, 0.15) is 11.2 Å². The van der Waals surface area contributed by atoms with E-state index in [1.807, 2.05) is 0 Å². The summed E-state index contributed by atoms with van der Waals surface area (Å²) in [5.74, 6) is 0.0631. The molecule has 1 heterocycles. The molecule has 3 rings (SSSR count). The third-order valence-electron chi connectivity index (χ3n) is 5.02. The number of nitrogens with one attached hydrogen (secondary N) is 1. The molecule has 1 aliphatic carbocycles. The van der Waals surface area contributed by atoms with Gasteiger partial charge in [-0.3, -0.25) is 14.4 Å². The van der Waals surface area contributed by atoms with Crippen LogP contribution in [0.25, 0.3) is 0 Å². The highest BCUT2D eigenvalue weighted by atomic mass is 35.5. The summed E-state index contributed by atoms with van der Waals surface area (Å²) < 4.78 is 5.09. The molecule has 26 heavy (non-hydrogen) atoms. The lowest BCUT2D eigenvalue weighted by molar-refractivity contribution is -0.146. The van der Waals surface area contributed by atoms with Crippen LogP contribution in [0, 0.1) is 5.41 Å². The Balaban J connectivity index is 1.65. The number of halogens is 1. The standard InChI is InChI=1S/C18H22ClN3O4/c1-12(23)21-7-9-22(10-8-21)17(25)18(5-6-18)16(24)20-13-3-4-15(26-2)14(19)11-13/h3-4,11H,5-10H2,1-2H3,(H,20,24). The van der Waals surface area contributed by atoms with E-state index < -0.39 is 5.41 Å². The van der Waals surface area contributed by atoms with Gasteiger partial charge in [0.25, 0.3) is 0 Å². The Hall–Kier alpha value is -2.28. The van der Waals surface area contributed by atoms with Crippen molar-refractivity contribution in [3.05, 3.63) is 23.2 Å². The van der Waals surface area contributed by atoms with Crippen LogP contribution in [0.15, 0.2) is 18.2 Å². The van der Waals surface area contributed by atoms with Crippen molar-refractivity contribution in [3.63, 3.8) is 0 Å². The Morgan fingerprint density at radius 1 is 1.12 bits per heavy atom. The van der Waals surface area contributed by atoms with Gasteiger partial charge >= 0.3 is 0 Å². The van der Waals surface area contributed by atoms with E-state index in [9.17, 15) is 14.4 Å². The molecule has 1 saturated carbocycles. The van der Waals surface area contributed by atoms with E-state index in [1.54, 1.807) is 28.0 Å². The SMILES string of the molecule is COc1ccc(NC(=O)C2(C(=O)N3CCN(C(C)=O)CC3)CC2)cc1Cl. The maximum atomic E-state index is 12.9. The second kappa shape index (κ2) is 7.15. The molecule has 0 unspecified atom stereocenters. The Morgan fingerprint density at radius 3 is 2.23 bits per heavy atom. The molecule has 1 N–H and O–H groups in total. The third kappa shape index (κ3) is 3.49. The molecule has 1 aromatic carbocycles. The van der Waals surface area contributed by atoms with Gasteiger partial charge in [-0.15, -0.1) is 0 Å². The van der Waals surface area contributed by atoms with E-state index in [1.165, 1.54) is 14.0 Å². The molecule has 8 heteroatoms. The van der Waals surface area contributed by atoms with Crippen LogP contribution in [0.1, 0.15) is 19.8 Å². The molecule has 1 aromatic rings. The maximum absolute atomic E-state index is 12.9. The lowest BCUT2D eigenvalue weighted by Crippen LogP contribution is -2.53. The predicted octanol–water partition coefficient (Wildman–Crippen LogP) is 1.76. The minimum absolute atomic E-state index is 0.00682. The summed E-state index contributed by atoms with van der Waals surface area (Å²) in [5.41, 5.74) is -0.466. The number of anilines is 1. The van der Waals surface area contributed by atoms with Gasteiger partial charge in [0.2, 0.25) is 17.7 Å². The first-order valence-corrected chi connectivity index (χ1v) is 8.95. The molecule has 0 radical (unpaired) electrons. The number of methoxy groups -OCH3 is 1. The highest BCUT2D eigenvalue weighted by molar-refractivity contribution is 6.32. The van der Waals surface area contributed by atoms with Gasteiger partial charge in [-0.2, -0.15) is 0 Å². The highest BCUT2D eigenvalue weighted by Crippen LogP contribution is 2.48. The third-order valence-corrected chi connectivity index (χ3v) is 5.31. The van der Waals surface area contributed by atoms with E-state index >= 15 is 0 Å². The Bertz CT molecular complexity index is 740. The lowest BCUT2D eigenvalue weighted by Gasteiger charge is -2.35. The topological polar surface area (TPSA) is 79.0 Å². The number of rotatable bonds is 4. The number of hydrogen-bond acceptors (Lipinski definition) is 4. The molecule has 0 bridgehead atoms. The zero-order valence-electron chi connectivity index (χ0n) is 14.9. The smallest absolute Gasteiger partial charge is 0.240 e. The number of hydrogen-bond donors (Lipinski definition) is 1. The largest absolute Gasteiger partial charge is 0.495 e. The molecule has 2 fully saturated rings. The number of carbonyl (C=O) groups is 3. The van der Waals surface area contributed by atoms with Crippen LogP contribution in [0.3, 0.4) is 0 Å². The number of carbonyl (C=O) groups excluding carboxylic acids is 3. The lowest BCUT2D eigenvalue weighted by atomic mass is 10.0. The Morgan fingerprint density at radius 2 is 1.73 bits per heavy atom. The van der Waals surface area contributed by atoms with E-state index in [2.05, 4.69) is 5.32 Å². The van der Waals surface area contributed by atoms with Gasteiger partial charge in [0, 0.05) is 38.8 Å². The number of benzene rings is 1. The normalized spacial score (nSPS) is 18.3. The fourth-order valence-corrected chi connectivity index (χ4v) is 3.44. The van der Waals surface area contributed by atoms with Gasteiger partial charge < -0.3 is 19.9 Å². The van der Waals surface area contributed by atoms with E-state index in [0.717, 1.165) is 0 Å². The Kier molecular flexibility index (Phi) is 5.09. The molecular weight excluding hydrogens is 358 g/mol. The first-order valence-electron chi connectivity index (χ1n) is 8.57. The van der Waals surface area contributed by atoms with Gasteiger partial charge in [-0.25, -0.2) is 0 Å². The minimum Gasteiger partial charge on any atom is -0.495 e. The molecule has 0 atom stereocenters. The average Bonchev–Trinajstić information content (AvgIpc) is 3.43. The number of ether oxygens (including phenoxy) is 1. The van der Waals surface area contributed by atoms with Crippen LogP contribution < -0.4 is 10.1 Å². The van der Waals surface area contributed by atoms with Crippen LogP contribution in [-0.2, 0) is 14.4 Å². The van der Waals surface area contributed by atoms with Crippen molar-refractivity contribution in [2.75, 3.05) is 38.6 Å². The fraction of sp³-hybridized carbons (Fsp3) is 0.500. The van der Waals surface area contributed by atoms with Crippen molar-refractivity contribution in [1.82, 2.24) is 9.80 Å². The highest BCUT2D eigenvalue weighted by Gasteiger charge is 2.58. The molecular formula is C18H22ClN3O4. The molecule has 3 amide bonds. The van der Waals surface area contributed by atoms with Gasteiger partial charge in [-0.05, 0) is 31.0 Å². The molecule has 0 aromatic heterocycles. The van der Waals surface area contributed by atoms with Crippen molar-refractivity contribution in [2.24, 2.45) is 5.41 Å². The van der Waals surface area contributed by atoms with Crippen LogP contribution >= 0.6 is 11.6 Å². The maximum Gasteiger partial charge on any atom is 0.240 e. The summed E-state index contributed by atoms with van der Waals surface area (Å²) >= 11 is 6.08. The summed E-state index contributed by atoms with van der Waals surface area (Å²) in [4.78, 5) is 40.4. The molecule has 7 nitrogen and oxygen atoms in total. The quantitative estimate of drug-likeness (QED) is 0.808. The van der Waals surface area contributed by atoms with Gasteiger partial charge in [0.05, 0.1) is 12.1 Å². The van der Waals surface area contributed by atoms with Crippen molar-refractivity contribution in [3.8, 4) is 5.75 Å². The van der Waals surface area contributed by atoms with Crippen molar-refractivity contribution < 1.29 is 19.1 Å². The second-order valence-corrected chi connectivity index (χ2v) is 7.09. The summed E-state index contributed by atoms with van der Waals surface area (Å²) in [6, 6.07) is 4.96. The number of piperazine rings is 1. The Labute approximate surface area is 157 Å². The fourth-order valence-electron chi connectivity index (χ4n) is 3.19. The number of nitrogens with zero attached hydrogens (tertiary/aromatic N) is 2. The summed E-state index contributed by atoms with van der Waals surface area (Å²) in [7, 11) is 1.52. The zero-order chi connectivity index (χ0) is 18.9. The summed E-state index contributed by atoms with van der Waals surface area (Å²) in [6.07, 6.45) is 1.07. The van der Waals surface area contributed by atoms with E-state index in [-0.39, 0.29) is 17.7 Å². The van der Waals surface area contributed by atoms with Gasteiger partial charge in [0.15, 0.2) is 0 Å². The van der Waals surface area contributed by atoms with Crippen LogP contribution in [0.5, 0.6) is 5.75 Å². The van der Waals surface area contributed by atoms with Crippen molar-refractivity contribution in [2.45, 2.75) is 19.8 Å². The molecule has 0 spiro atoms. The monoisotopic (exact) mass is 379 g/mol. The molecule has 2 aliphatic rings. The summed E-state index contributed by atoms with van der Waals surface area (Å²) in [6.45, 7) is 3.45. The molecule has 1 aliphatic heterocycles. The molecule has 140 valence electrons. The van der Waals surface area contributed by atoms with Crippen LogP contribution in [0.4, 0.5) is 5.69 Å². The van der Waals surface area contributed by atoms with Crippen molar-refractivity contribution in [1.29, 1.82) is 0 Å². The van der Waals surface area contributed by atoms with Crippen molar-refractivity contribution >= 4 is 35.0 Å². The number of amides is 3. The van der Waals surface area contributed by atoms with Gasteiger partial charge in [-0.1, -0.05) is 11.6 Å². The van der Waals surface area contributed by atoms with Crippen LogP contribution in [-0.4, -0.2) is 60.8 Å². The zero-order valence-corrected chi connectivity index (χ0v) is 15.6. The second-order valence-electron chi connectivity index (χ2n) is 6.68. The first kappa shape index (κ1) is 18.5.